The van der Waals surface area contributed by atoms with Crippen molar-refractivity contribution >= 4 is 23.3 Å². The molecule has 7 heteroatoms. The summed E-state index contributed by atoms with van der Waals surface area (Å²) in [5.41, 5.74) is 2.09. The first-order chi connectivity index (χ1) is 12.0. The van der Waals surface area contributed by atoms with Crippen LogP contribution in [0.15, 0.2) is 53.7 Å². The lowest BCUT2D eigenvalue weighted by Crippen LogP contribution is -2.12. The molecule has 2 aromatic rings. The van der Waals surface area contributed by atoms with Gasteiger partial charge in [-0.15, -0.1) is 0 Å². The summed E-state index contributed by atoms with van der Waals surface area (Å²) < 4.78 is 0. The molecule has 126 valence electrons. The van der Waals surface area contributed by atoms with Gasteiger partial charge in [-0.25, -0.2) is 0 Å². The lowest BCUT2D eigenvalue weighted by atomic mass is 10.1. The van der Waals surface area contributed by atoms with Crippen LogP contribution in [-0.4, -0.2) is 27.9 Å². The predicted molar refractivity (Wildman–Crippen MR) is 90.7 cm³/mol. The van der Waals surface area contributed by atoms with Crippen LogP contribution in [0, 0.1) is 11.3 Å². The molecular formula is C18H15N3O4. The highest BCUT2D eigenvalue weighted by Gasteiger charge is 2.10. The van der Waals surface area contributed by atoms with E-state index in [1.54, 1.807) is 42.5 Å². The fraction of sp³-hybridized carbons (Fsp3) is 0.111. The van der Waals surface area contributed by atoms with Crippen molar-refractivity contribution in [1.82, 2.24) is 0 Å². The summed E-state index contributed by atoms with van der Waals surface area (Å²) in [6.45, 7) is 0. The molecule has 0 atom stereocenters. The van der Waals surface area contributed by atoms with Gasteiger partial charge >= 0.3 is 5.97 Å². The van der Waals surface area contributed by atoms with Gasteiger partial charge in [-0.2, -0.15) is 5.26 Å². The van der Waals surface area contributed by atoms with E-state index in [9.17, 15) is 9.59 Å². The number of oxime groups is 1. The Morgan fingerprint density at radius 1 is 1.08 bits per heavy atom. The van der Waals surface area contributed by atoms with Gasteiger partial charge in [0.2, 0.25) is 0 Å². The lowest BCUT2D eigenvalue weighted by molar-refractivity contribution is -0.136. The number of carboxylic acid groups (broad SMARTS) is 1. The van der Waals surface area contributed by atoms with Gasteiger partial charge in [0.05, 0.1) is 23.8 Å². The lowest BCUT2D eigenvalue weighted by Gasteiger charge is -2.08. The molecule has 0 spiro atoms. The molecule has 0 aromatic heterocycles. The van der Waals surface area contributed by atoms with E-state index in [1.807, 2.05) is 6.07 Å². The Morgan fingerprint density at radius 3 is 2.40 bits per heavy atom. The molecule has 0 heterocycles. The number of aliphatic carboxylic acids is 1. The average molecular weight is 337 g/mol. The Balaban J connectivity index is 2.08. The molecule has 0 aliphatic rings. The number of anilines is 1. The van der Waals surface area contributed by atoms with E-state index < -0.39 is 5.97 Å². The minimum atomic E-state index is -0.982. The molecule has 0 bridgehead atoms. The quantitative estimate of drug-likeness (QED) is 0.425. The molecule has 0 fully saturated rings. The highest BCUT2D eigenvalue weighted by atomic mass is 16.4. The van der Waals surface area contributed by atoms with E-state index in [-0.39, 0.29) is 24.5 Å². The number of hydrogen-bond acceptors (Lipinski definition) is 5. The van der Waals surface area contributed by atoms with Crippen molar-refractivity contribution < 1.29 is 19.9 Å². The standard InChI is InChI=1S/C18H15N3O4/c19-11-12-2-1-3-14(10-12)18(24)20-15-6-4-13(5-7-15)16(21-25)8-9-17(22)23/h1-7,10,25H,8-9H2,(H,20,24)(H,22,23)/b21-16+. The molecule has 25 heavy (non-hydrogen) atoms. The second-order valence-electron chi connectivity index (χ2n) is 5.16. The first kappa shape index (κ1) is 17.7. The van der Waals surface area contributed by atoms with Gasteiger partial charge in [0, 0.05) is 17.7 Å². The van der Waals surface area contributed by atoms with Crippen molar-refractivity contribution in [3.8, 4) is 6.07 Å². The van der Waals surface area contributed by atoms with Crippen LogP contribution in [0.2, 0.25) is 0 Å². The van der Waals surface area contributed by atoms with Crippen molar-refractivity contribution in [3.05, 3.63) is 65.2 Å². The second-order valence-corrected chi connectivity index (χ2v) is 5.16. The number of nitrogens with zero attached hydrogens (tertiary/aromatic N) is 2. The van der Waals surface area contributed by atoms with Crippen molar-refractivity contribution in [1.29, 1.82) is 5.26 Å². The predicted octanol–water partition coefficient (Wildman–Crippen LogP) is 2.85. The molecule has 0 radical (unpaired) electrons. The SMILES string of the molecule is N#Cc1cccc(C(=O)Nc2ccc(/C(CCC(=O)O)=N/O)cc2)c1. The molecule has 0 saturated carbocycles. The summed E-state index contributed by atoms with van der Waals surface area (Å²) >= 11 is 0. The zero-order valence-corrected chi connectivity index (χ0v) is 13.1. The summed E-state index contributed by atoms with van der Waals surface area (Å²) in [6, 6.07) is 14.8. The maximum absolute atomic E-state index is 12.2. The second kappa shape index (κ2) is 8.26. The van der Waals surface area contributed by atoms with Crippen LogP contribution in [0.1, 0.15) is 34.3 Å². The Morgan fingerprint density at radius 2 is 1.80 bits per heavy atom. The Bertz CT molecular complexity index is 851. The van der Waals surface area contributed by atoms with Crippen molar-refractivity contribution in [2.24, 2.45) is 5.16 Å². The normalized spacial score (nSPS) is 10.8. The molecule has 3 N–H and O–H groups in total. The van der Waals surface area contributed by atoms with Gasteiger partial charge < -0.3 is 15.6 Å². The van der Waals surface area contributed by atoms with Crippen LogP contribution in [0.4, 0.5) is 5.69 Å². The molecule has 7 nitrogen and oxygen atoms in total. The van der Waals surface area contributed by atoms with E-state index in [0.717, 1.165) is 0 Å². The maximum atomic E-state index is 12.2. The average Bonchev–Trinajstić information content (AvgIpc) is 2.63. The third-order valence-electron chi connectivity index (χ3n) is 3.43. The van der Waals surface area contributed by atoms with Gasteiger partial charge in [-0.05, 0) is 35.9 Å². The molecule has 0 aliphatic carbocycles. The third kappa shape index (κ3) is 4.91. The number of carbonyl (C=O) groups is 2. The number of nitriles is 1. The minimum absolute atomic E-state index is 0.0957. The largest absolute Gasteiger partial charge is 0.481 e. The molecule has 1 amide bonds. The Hall–Kier alpha value is -3.66. The van der Waals surface area contributed by atoms with Crippen LogP contribution in [0.3, 0.4) is 0 Å². The summed E-state index contributed by atoms with van der Waals surface area (Å²) in [7, 11) is 0. The molecule has 2 rings (SSSR count). The monoisotopic (exact) mass is 337 g/mol. The summed E-state index contributed by atoms with van der Waals surface area (Å²) in [6.07, 6.45) is -0.0500. The molecule has 2 aromatic carbocycles. The van der Waals surface area contributed by atoms with Crippen molar-refractivity contribution in [3.63, 3.8) is 0 Å². The topological polar surface area (TPSA) is 123 Å². The number of amides is 1. The first-order valence-corrected chi connectivity index (χ1v) is 7.38. The number of nitrogens with one attached hydrogen (secondary N) is 1. The smallest absolute Gasteiger partial charge is 0.303 e. The van der Waals surface area contributed by atoms with Crippen molar-refractivity contribution in [2.75, 3.05) is 5.32 Å². The van der Waals surface area contributed by atoms with E-state index in [4.69, 9.17) is 15.6 Å². The zero-order chi connectivity index (χ0) is 18.2. The maximum Gasteiger partial charge on any atom is 0.303 e. The van der Waals surface area contributed by atoms with Crippen LogP contribution in [0.25, 0.3) is 0 Å². The van der Waals surface area contributed by atoms with Crippen molar-refractivity contribution in [2.45, 2.75) is 12.8 Å². The Labute approximate surface area is 143 Å². The van der Waals surface area contributed by atoms with E-state index >= 15 is 0 Å². The summed E-state index contributed by atoms with van der Waals surface area (Å²) in [5, 5.41) is 32.4. The van der Waals surface area contributed by atoms with Crippen LogP contribution in [-0.2, 0) is 4.79 Å². The molecular weight excluding hydrogens is 322 g/mol. The fourth-order valence-electron chi connectivity index (χ4n) is 2.16. The van der Waals surface area contributed by atoms with Gasteiger partial charge in [-0.1, -0.05) is 23.4 Å². The fourth-order valence-corrected chi connectivity index (χ4v) is 2.16. The van der Waals surface area contributed by atoms with Crippen LogP contribution in [0.5, 0.6) is 0 Å². The number of carbonyl (C=O) groups excluding carboxylic acids is 1. The van der Waals surface area contributed by atoms with Gasteiger partial charge in [0.1, 0.15) is 0 Å². The summed E-state index contributed by atoms with van der Waals surface area (Å²) in [5.74, 6) is -1.34. The molecule has 0 unspecified atom stereocenters. The summed E-state index contributed by atoms with van der Waals surface area (Å²) in [4.78, 5) is 22.8. The van der Waals surface area contributed by atoms with E-state index in [0.29, 0.717) is 22.4 Å². The zero-order valence-electron chi connectivity index (χ0n) is 13.1. The minimum Gasteiger partial charge on any atom is -0.481 e. The van der Waals surface area contributed by atoms with E-state index in [1.165, 1.54) is 6.07 Å². The highest BCUT2D eigenvalue weighted by molar-refractivity contribution is 6.05. The number of benzene rings is 2. The van der Waals surface area contributed by atoms with Gasteiger partial charge in [0.15, 0.2) is 0 Å². The Kier molecular flexibility index (Phi) is 5.85. The number of carboxylic acids is 1. The van der Waals surface area contributed by atoms with Gasteiger partial charge in [-0.3, -0.25) is 9.59 Å². The first-order valence-electron chi connectivity index (χ1n) is 7.38. The molecule has 0 saturated heterocycles. The van der Waals surface area contributed by atoms with E-state index in [2.05, 4.69) is 10.5 Å². The highest BCUT2D eigenvalue weighted by Crippen LogP contribution is 2.14. The third-order valence-corrected chi connectivity index (χ3v) is 3.43. The van der Waals surface area contributed by atoms with Gasteiger partial charge in [0.25, 0.3) is 5.91 Å². The molecule has 0 aliphatic heterocycles. The van der Waals surface area contributed by atoms with Crippen LogP contribution < -0.4 is 5.32 Å². The number of hydrogen-bond donors (Lipinski definition) is 3. The number of rotatable bonds is 6. The van der Waals surface area contributed by atoms with Crippen LogP contribution >= 0.6 is 0 Å².